The van der Waals surface area contributed by atoms with Crippen LogP contribution in [0.2, 0.25) is 0 Å². The number of hydrogen-bond acceptors (Lipinski definition) is 3. The average Bonchev–Trinajstić information content (AvgIpc) is 2.99. The zero-order chi connectivity index (χ0) is 14.2. The lowest BCUT2D eigenvalue weighted by atomic mass is 10.1. The van der Waals surface area contributed by atoms with Crippen LogP contribution in [-0.2, 0) is 13.0 Å². The fourth-order valence-corrected chi connectivity index (χ4v) is 1.76. The van der Waals surface area contributed by atoms with Crippen LogP contribution in [0.1, 0.15) is 18.2 Å². The second-order valence-corrected chi connectivity index (χ2v) is 4.19. The minimum absolute atomic E-state index is 0.126. The number of para-hydroxylation sites is 1. The Balaban J connectivity index is 1.71. The SMILES string of the molecule is CCc1ccccc1OCNC(=O)NCc1ccco1. The lowest BCUT2D eigenvalue weighted by molar-refractivity contribution is 0.222. The highest BCUT2D eigenvalue weighted by atomic mass is 16.5. The van der Waals surface area contributed by atoms with Crippen LogP contribution in [0.3, 0.4) is 0 Å². The molecule has 5 nitrogen and oxygen atoms in total. The van der Waals surface area contributed by atoms with Crippen molar-refractivity contribution in [3.63, 3.8) is 0 Å². The molecule has 0 aliphatic heterocycles. The summed E-state index contributed by atoms with van der Waals surface area (Å²) in [4.78, 5) is 11.5. The zero-order valence-electron chi connectivity index (χ0n) is 11.4. The van der Waals surface area contributed by atoms with Crippen molar-refractivity contribution in [2.24, 2.45) is 0 Å². The van der Waals surface area contributed by atoms with E-state index in [4.69, 9.17) is 9.15 Å². The number of amides is 2. The maximum absolute atomic E-state index is 11.5. The molecule has 2 aromatic rings. The third-order valence-electron chi connectivity index (χ3n) is 2.82. The molecule has 0 saturated heterocycles. The first-order valence-electron chi connectivity index (χ1n) is 6.54. The summed E-state index contributed by atoms with van der Waals surface area (Å²) >= 11 is 0. The van der Waals surface area contributed by atoms with Crippen LogP contribution in [0.25, 0.3) is 0 Å². The normalized spacial score (nSPS) is 10.1. The lowest BCUT2D eigenvalue weighted by Crippen LogP contribution is -2.37. The van der Waals surface area contributed by atoms with Crippen LogP contribution in [0, 0.1) is 0 Å². The van der Waals surface area contributed by atoms with Crippen molar-refractivity contribution >= 4 is 6.03 Å². The predicted octanol–water partition coefficient (Wildman–Crippen LogP) is 2.68. The first kappa shape index (κ1) is 14.0. The number of nitrogens with one attached hydrogen (secondary N) is 2. The summed E-state index contributed by atoms with van der Waals surface area (Å²) in [5, 5.41) is 5.31. The minimum Gasteiger partial charge on any atom is -0.473 e. The van der Waals surface area contributed by atoms with E-state index in [1.54, 1.807) is 18.4 Å². The van der Waals surface area contributed by atoms with Gasteiger partial charge < -0.3 is 19.8 Å². The third-order valence-corrected chi connectivity index (χ3v) is 2.82. The summed E-state index contributed by atoms with van der Waals surface area (Å²) in [5.41, 5.74) is 1.12. The average molecular weight is 274 g/mol. The molecule has 2 amide bonds. The Bertz CT molecular complexity index is 538. The standard InChI is InChI=1S/C15H18N2O3/c1-2-12-6-3-4-8-14(12)20-11-17-15(18)16-10-13-7-5-9-19-13/h3-9H,2,10-11H2,1H3,(H2,16,17,18). The predicted molar refractivity (Wildman–Crippen MR) is 75.4 cm³/mol. The highest BCUT2D eigenvalue weighted by Crippen LogP contribution is 2.17. The third kappa shape index (κ3) is 4.05. The van der Waals surface area contributed by atoms with Gasteiger partial charge in [0, 0.05) is 0 Å². The number of hydrogen-bond donors (Lipinski definition) is 2. The van der Waals surface area contributed by atoms with Crippen molar-refractivity contribution in [3.8, 4) is 5.75 Å². The van der Waals surface area contributed by atoms with Crippen LogP contribution >= 0.6 is 0 Å². The van der Waals surface area contributed by atoms with Crippen LogP contribution in [0.5, 0.6) is 5.75 Å². The molecule has 20 heavy (non-hydrogen) atoms. The van der Waals surface area contributed by atoms with Gasteiger partial charge >= 0.3 is 6.03 Å². The van der Waals surface area contributed by atoms with Gasteiger partial charge in [0.25, 0.3) is 0 Å². The van der Waals surface area contributed by atoms with E-state index in [2.05, 4.69) is 17.6 Å². The highest BCUT2D eigenvalue weighted by molar-refractivity contribution is 5.73. The Labute approximate surface area is 117 Å². The van der Waals surface area contributed by atoms with Crippen molar-refractivity contribution in [1.29, 1.82) is 0 Å². The second kappa shape index (κ2) is 7.23. The Hall–Kier alpha value is -2.43. The first-order valence-corrected chi connectivity index (χ1v) is 6.54. The van der Waals surface area contributed by atoms with Crippen LogP contribution in [-0.4, -0.2) is 12.8 Å². The second-order valence-electron chi connectivity index (χ2n) is 4.19. The molecular formula is C15H18N2O3. The molecule has 0 atom stereocenters. The number of benzene rings is 1. The summed E-state index contributed by atoms with van der Waals surface area (Å²) in [6.45, 7) is 2.54. The quantitative estimate of drug-likeness (QED) is 0.796. The van der Waals surface area contributed by atoms with E-state index in [9.17, 15) is 4.79 Å². The van der Waals surface area contributed by atoms with E-state index in [0.717, 1.165) is 17.7 Å². The van der Waals surface area contributed by atoms with E-state index in [-0.39, 0.29) is 12.8 Å². The van der Waals surface area contributed by atoms with Crippen LogP contribution in [0.15, 0.2) is 47.1 Å². The molecule has 2 rings (SSSR count). The fourth-order valence-electron chi connectivity index (χ4n) is 1.76. The van der Waals surface area contributed by atoms with Gasteiger partial charge in [0.05, 0.1) is 12.8 Å². The number of ether oxygens (including phenoxy) is 1. The Morgan fingerprint density at radius 2 is 2.05 bits per heavy atom. The van der Waals surface area contributed by atoms with Crippen molar-refractivity contribution in [2.75, 3.05) is 6.73 Å². The summed E-state index contributed by atoms with van der Waals surface area (Å²) in [7, 11) is 0. The molecule has 0 aliphatic rings. The van der Waals surface area contributed by atoms with E-state index in [1.165, 1.54) is 0 Å². The number of rotatable bonds is 6. The molecule has 1 aromatic heterocycles. The molecule has 106 valence electrons. The summed E-state index contributed by atoms with van der Waals surface area (Å²) in [6.07, 6.45) is 2.46. The Morgan fingerprint density at radius 1 is 1.20 bits per heavy atom. The summed E-state index contributed by atoms with van der Waals surface area (Å²) in [6, 6.07) is 11.1. The molecule has 0 unspecified atom stereocenters. The number of furan rings is 1. The molecule has 1 aromatic carbocycles. The summed E-state index contributed by atoms with van der Waals surface area (Å²) in [5.74, 6) is 1.50. The van der Waals surface area contributed by atoms with Crippen molar-refractivity contribution < 1.29 is 13.9 Å². The maximum atomic E-state index is 11.5. The van der Waals surface area contributed by atoms with Gasteiger partial charge in [-0.2, -0.15) is 0 Å². The molecule has 0 fully saturated rings. The molecular weight excluding hydrogens is 256 g/mol. The number of urea groups is 1. The van der Waals surface area contributed by atoms with Crippen molar-refractivity contribution in [2.45, 2.75) is 19.9 Å². The molecule has 5 heteroatoms. The summed E-state index contributed by atoms with van der Waals surface area (Å²) < 4.78 is 10.7. The number of carbonyl (C=O) groups is 1. The zero-order valence-corrected chi connectivity index (χ0v) is 11.4. The van der Waals surface area contributed by atoms with Crippen molar-refractivity contribution in [3.05, 3.63) is 54.0 Å². The van der Waals surface area contributed by atoms with Gasteiger partial charge in [-0.3, -0.25) is 0 Å². The largest absolute Gasteiger partial charge is 0.473 e. The first-order chi connectivity index (χ1) is 9.79. The highest BCUT2D eigenvalue weighted by Gasteiger charge is 2.03. The Kier molecular flexibility index (Phi) is 5.06. The van der Waals surface area contributed by atoms with E-state index >= 15 is 0 Å². The van der Waals surface area contributed by atoms with Gasteiger partial charge in [0.15, 0.2) is 6.73 Å². The fraction of sp³-hybridized carbons (Fsp3) is 0.267. The molecule has 0 radical (unpaired) electrons. The molecule has 2 N–H and O–H groups in total. The molecule has 0 saturated carbocycles. The van der Waals surface area contributed by atoms with E-state index in [1.807, 2.05) is 24.3 Å². The van der Waals surface area contributed by atoms with Gasteiger partial charge in [-0.25, -0.2) is 4.79 Å². The Morgan fingerprint density at radius 3 is 2.80 bits per heavy atom. The van der Waals surface area contributed by atoms with E-state index in [0.29, 0.717) is 12.3 Å². The van der Waals surface area contributed by atoms with Gasteiger partial charge in [-0.1, -0.05) is 25.1 Å². The number of carbonyl (C=O) groups excluding carboxylic acids is 1. The topological polar surface area (TPSA) is 63.5 Å². The smallest absolute Gasteiger partial charge is 0.317 e. The van der Waals surface area contributed by atoms with E-state index < -0.39 is 0 Å². The minimum atomic E-state index is -0.296. The molecule has 0 aliphatic carbocycles. The molecule has 0 spiro atoms. The van der Waals surface area contributed by atoms with Crippen LogP contribution in [0.4, 0.5) is 4.79 Å². The van der Waals surface area contributed by atoms with Crippen molar-refractivity contribution in [1.82, 2.24) is 10.6 Å². The maximum Gasteiger partial charge on any atom is 0.317 e. The van der Waals surface area contributed by atoms with Gasteiger partial charge in [0.1, 0.15) is 11.5 Å². The molecule has 0 bridgehead atoms. The lowest BCUT2D eigenvalue weighted by Gasteiger charge is -2.11. The van der Waals surface area contributed by atoms with Gasteiger partial charge in [0.2, 0.25) is 0 Å². The number of aryl methyl sites for hydroxylation is 1. The van der Waals surface area contributed by atoms with Crippen LogP contribution < -0.4 is 15.4 Å². The monoisotopic (exact) mass is 274 g/mol. The van der Waals surface area contributed by atoms with Gasteiger partial charge in [-0.05, 0) is 30.2 Å². The van der Waals surface area contributed by atoms with Gasteiger partial charge in [-0.15, -0.1) is 0 Å². The molecule has 1 heterocycles.